The van der Waals surface area contributed by atoms with Gasteiger partial charge in [0, 0.05) is 12.1 Å². The Labute approximate surface area is 190 Å². The van der Waals surface area contributed by atoms with Gasteiger partial charge in [-0.3, -0.25) is 9.36 Å². The van der Waals surface area contributed by atoms with Crippen LogP contribution >= 0.6 is 23.4 Å². The molecule has 0 aliphatic rings. The maximum absolute atomic E-state index is 13.1. The predicted molar refractivity (Wildman–Crippen MR) is 115 cm³/mol. The number of amides is 1. The Kier molecular flexibility index (Phi) is 7.99. The van der Waals surface area contributed by atoms with Gasteiger partial charge in [0.2, 0.25) is 5.91 Å². The van der Waals surface area contributed by atoms with Crippen molar-refractivity contribution in [3.63, 3.8) is 0 Å². The lowest BCUT2D eigenvalue weighted by molar-refractivity contribution is -0.137. The molecule has 3 rings (SSSR count). The summed E-state index contributed by atoms with van der Waals surface area (Å²) in [6, 6.07) is 9.87. The molecule has 12 heteroatoms. The SMILES string of the molecule is COCCOc1ccc(C(F)(F)F)cc1NC(=O)CSc1nncn1-c1cccc(Cl)c1. The smallest absolute Gasteiger partial charge is 0.416 e. The van der Waals surface area contributed by atoms with Gasteiger partial charge in [-0.1, -0.05) is 29.4 Å². The third-order valence-electron chi connectivity index (χ3n) is 4.06. The van der Waals surface area contributed by atoms with Crippen LogP contribution in [0.15, 0.2) is 53.9 Å². The molecular formula is C20H18ClF3N4O3S. The van der Waals surface area contributed by atoms with Gasteiger partial charge in [-0.2, -0.15) is 13.2 Å². The zero-order valence-electron chi connectivity index (χ0n) is 16.7. The van der Waals surface area contributed by atoms with Crippen LogP contribution in [0.3, 0.4) is 0 Å². The first-order valence-corrected chi connectivity index (χ1v) is 10.6. The van der Waals surface area contributed by atoms with Crippen LogP contribution in [0.5, 0.6) is 5.75 Å². The summed E-state index contributed by atoms with van der Waals surface area (Å²) in [6.07, 6.45) is -3.09. The van der Waals surface area contributed by atoms with Gasteiger partial charge >= 0.3 is 6.18 Å². The van der Waals surface area contributed by atoms with E-state index in [1.165, 1.54) is 13.4 Å². The fourth-order valence-corrected chi connectivity index (χ4v) is 3.52. The number of aromatic nitrogens is 3. The van der Waals surface area contributed by atoms with Crippen LogP contribution in [0.2, 0.25) is 5.02 Å². The molecular weight excluding hydrogens is 469 g/mol. The largest absolute Gasteiger partial charge is 0.489 e. The Balaban J connectivity index is 1.71. The molecule has 0 saturated heterocycles. The molecule has 170 valence electrons. The monoisotopic (exact) mass is 486 g/mol. The van der Waals surface area contributed by atoms with Crippen molar-refractivity contribution in [2.75, 3.05) is 31.4 Å². The minimum Gasteiger partial charge on any atom is -0.489 e. The molecule has 1 N–H and O–H groups in total. The van der Waals surface area contributed by atoms with E-state index in [0.717, 1.165) is 30.0 Å². The number of nitrogens with one attached hydrogen (secondary N) is 1. The Bertz CT molecular complexity index is 1080. The number of thioether (sulfide) groups is 1. The van der Waals surface area contributed by atoms with Crippen molar-refractivity contribution in [1.29, 1.82) is 0 Å². The molecule has 0 aliphatic heterocycles. The minimum atomic E-state index is -4.56. The van der Waals surface area contributed by atoms with E-state index in [2.05, 4.69) is 15.5 Å². The number of rotatable bonds is 9. The van der Waals surface area contributed by atoms with Crippen molar-refractivity contribution in [2.45, 2.75) is 11.3 Å². The van der Waals surface area contributed by atoms with Gasteiger partial charge in [0.15, 0.2) is 5.16 Å². The molecule has 0 saturated carbocycles. The quantitative estimate of drug-likeness (QED) is 0.349. The molecule has 0 fully saturated rings. The molecule has 0 bridgehead atoms. The zero-order valence-corrected chi connectivity index (χ0v) is 18.3. The number of anilines is 1. The van der Waals surface area contributed by atoms with Crippen molar-refractivity contribution >= 4 is 35.0 Å². The average molecular weight is 487 g/mol. The molecule has 0 aliphatic carbocycles. The number of benzene rings is 2. The number of carbonyl (C=O) groups is 1. The van der Waals surface area contributed by atoms with Crippen molar-refractivity contribution in [3.05, 3.63) is 59.4 Å². The van der Waals surface area contributed by atoms with E-state index in [1.807, 2.05) is 0 Å². The fourth-order valence-electron chi connectivity index (χ4n) is 2.61. The highest BCUT2D eigenvalue weighted by atomic mass is 35.5. The third-order valence-corrected chi connectivity index (χ3v) is 5.24. The highest BCUT2D eigenvalue weighted by molar-refractivity contribution is 7.99. The van der Waals surface area contributed by atoms with E-state index in [1.54, 1.807) is 28.8 Å². The summed E-state index contributed by atoms with van der Waals surface area (Å²) in [7, 11) is 1.47. The lowest BCUT2D eigenvalue weighted by Crippen LogP contribution is -2.17. The first-order chi connectivity index (χ1) is 15.3. The number of halogens is 4. The van der Waals surface area contributed by atoms with Crippen LogP contribution < -0.4 is 10.1 Å². The van der Waals surface area contributed by atoms with Crippen molar-refractivity contribution in [1.82, 2.24) is 14.8 Å². The van der Waals surface area contributed by atoms with Crippen LogP contribution in [0, 0.1) is 0 Å². The molecule has 0 atom stereocenters. The van der Waals surface area contributed by atoms with E-state index >= 15 is 0 Å². The Morgan fingerprint density at radius 2 is 2.03 bits per heavy atom. The summed E-state index contributed by atoms with van der Waals surface area (Å²) >= 11 is 7.08. The van der Waals surface area contributed by atoms with E-state index in [4.69, 9.17) is 21.1 Å². The zero-order chi connectivity index (χ0) is 23.1. The standard InChI is InChI=1S/C20H18ClF3N4O3S/c1-30-7-8-31-17-6-5-13(20(22,23)24)9-16(17)26-18(29)11-32-19-27-25-12-28(19)15-4-2-3-14(21)10-15/h2-6,9-10,12H,7-8,11H2,1H3,(H,26,29). The lowest BCUT2D eigenvalue weighted by atomic mass is 10.1. The summed E-state index contributed by atoms with van der Waals surface area (Å²) in [5.74, 6) is -0.547. The second-order valence-corrected chi connectivity index (χ2v) is 7.73. The maximum atomic E-state index is 13.1. The van der Waals surface area contributed by atoms with Crippen molar-refractivity contribution in [2.24, 2.45) is 0 Å². The highest BCUT2D eigenvalue weighted by Crippen LogP contribution is 2.35. The predicted octanol–water partition coefficient (Wildman–Crippen LogP) is 4.70. The minimum absolute atomic E-state index is 0.0853. The highest BCUT2D eigenvalue weighted by Gasteiger charge is 2.31. The average Bonchev–Trinajstić information content (AvgIpc) is 3.21. The van der Waals surface area contributed by atoms with Gasteiger partial charge in [-0.25, -0.2) is 0 Å². The number of hydrogen-bond acceptors (Lipinski definition) is 6. The molecule has 1 amide bonds. The summed E-state index contributed by atoms with van der Waals surface area (Å²) in [6.45, 7) is 0.353. The number of carbonyl (C=O) groups excluding carboxylic acids is 1. The Morgan fingerprint density at radius 3 is 2.75 bits per heavy atom. The molecule has 2 aromatic carbocycles. The first-order valence-electron chi connectivity index (χ1n) is 9.19. The van der Waals surface area contributed by atoms with Gasteiger partial charge in [-0.05, 0) is 36.4 Å². The van der Waals surface area contributed by atoms with Gasteiger partial charge in [0.05, 0.1) is 29.3 Å². The molecule has 0 unspecified atom stereocenters. The Hall–Kier alpha value is -2.76. The van der Waals surface area contributed by atoms with E-state index < -0.39 is 17.6 Å². The summed E-state index contributed by atoms with van der Waals surface area (Å²) in [5, 5.41) is 11.2. The number of ether oxygens (including phenoxy) is 2. The van der Waals surface area contributed by atoms with Crippen LogP contribution in [0.25, 0.3) is 5.69 Å². The normalized spacial score (nSPS) is 11.4. The first kappa shape index (κ1) is 23.9. The molecule has 32 heavy (non-hydrogen) atoms. The number of hydrogen-bond donors (Lipinski definition) is 1. The summed E-state index contributed by atoms with van der Waals surface area (Å²) in [4.78, 5) is 12.5. The van der Waals surface area contributed by atoms with Crippen LogP contribution in [-0.4, -0.2) is 46.7 Å². The number of alkyl halides is 3. The molecule has 3 aromatic rings. The molecule has 1 aromatic heterocycles. The van der Waals surface area contributed by atoms with Crippen LogP contribution in [-0.2, 0) is 15.7 Å². The van der Waals surface area contributed by atoms with Gasteiger partial charge in [0.25, 0.3) is 0 Å². The summed E-state index contributed by atoms with van der Waals surface area (Å²) < 4.78 is 51.3. The molecule has 7 nitrogen and oxygen atoms in total. The number of methoxy groups -OCH3 is 1. The molecule has 0 spiro atoms. The summed E-state index contributed by atoms with van der Waals surface area (Å²) in [5.41, 5.74) is -0.282. The van der Waals surface area contributed by atoms with Crippen LogP contribution in [0.1, 0.15) is 5.56 Å². The van der Waals surface area contributed by atoms with E-state index in [-0.39, 0.29) is 30.4 Å². The maximum Gasteiger partial charge on any atom is 0.416 e. The Morgan fingerprint density at radius 1 is 1.22 bits per heavy atom. The van der Waals surface area contributed by atoms with Gasteiger partial charge in [-0.15, -0.1) is 10.2 Å². The third kappa shape index (κ3) is 6.38. The van der Waals surface area contributed by atoms with E-state index in [9.17, 15) is 18.0 Å². The second-order valence-electron chi connectivity index (χ2n) is 6.35. The fraction of sp³-hybridized carbons (Fsp3) is 0.250. The van der Waals surface area contributed by atoms with Crippen molar-refractivity contribution < 1.29 is 27.4 Å². The molecule has 0 radical (unpaired) electrons. The molecule has 1 heterocycles. The van der Waals surface area contributed by atoms with E-state index in [0.29, 0.717) is 15.9 Å². The second kappa shape index (κ2) is 10.7. The lowest BCUT2D eigenvalue weighted by Gasteiger charge is -2.15. The number of nitrogens with zero attached hydrogens (tertiary/aromatic N) is 3. The van der Waals surface area contributed by atoms with Gasteiger partial charge in [0.1, 0.15) is 18.7 Å². The van der Waals surface area contributed by atoms with Crippen LogP contribution in [0.4, 0.5) is 18.9 Å². The topological polar surface area (TPSA) is 78.3 Å². The van der Waals surface area contributed by atoms with Crippen molar-refractivity contribution in [3.8, 4) is 11.4 Å². The van der Waals surface area contributed by atoms with Gasteiger partial charge < -0.3 is 14.8 Å².